The Balaban J connectivity index is 2.37. The summed E-state index contributed by atoms with van der Waals surface area (Å²) in [6.07, 6.45) is -4.88. The Bertz CT molecular complexity index is 973. The summed E-state index contributed by atoms with van der Waals surface area (Å²) >= 11 is 12.3. The molecule has 26 heavy (non-hydrogen) atoms. The summed E-state index contributed by atoms with van der Waals surface area (Å²) in [5.41, 5.74) is -0.218. The van der Waals surface area contributed by atoms with E-state index < -0.39 is 17.8 Å². The second kappa shape index (κ2) is 7.24. The number of rotatable bonds is 4. The van der Waals surface area contributed by atoms with Crippen molar-refractivity contribution in [1.82, 2.24) is 5.32 Å². The number of halogens is 5. The molecule has 0 heterocycles. The third kappa shape index (κ3) is 3.62. The summed E-state index contributed by atoms with van der Waals surface area (Å²) in [6, 6.07) is 8.35. The molecule has 0 aliphatic rings. The van der Waals surface area contributed by atoms with E-state index in [0.717, 1.165) is 12.1 Å². The molecule has 0 amide bonds. The number of aliphatic hydroxyl groups excluding tert-OH is 1. The van der Waals surface area contributed by atoms with Gasteiger partial charge < -0.3 is 10.4 Å². The van der Waals surface area contributed by atoms with E-state index >= 15 is 0 Å². The zero-order chi connectivity index (χ0) is 19.1. The Kier molecular flexibility index (Phi) is 5.35. The van der Waals surface area contributed by atoms with E-state index in [1.54, 1.807) is 19.2 Å². The van der Waals surface area contributed by atoms with Crippen molar-refractivity contribution in [2.75, 3.05) is 13.6 Å². The summed E-state index contributed by atoms with van der Waals surface area (Å²) in [5.74, 6) is 0. The Morgan fingerprint density at radius 3 is 2.35 bits per heavy atom. The van der Waals surface area contributed by atoms with Crippen LogP contribution in [-0.2, 0) is 6.18 Å². The fraction of sp³-hybridized carbons (Fsp3) is 0.263. The topological polar surface area (TPSA) is 32.3 Å². The van der Waals surface area contributed by atoms with Gasteiger partial charge in [-0.3, -0.25) is 0 Å². The molecule has 0 radical (unpaired) electrons. The normalized spacial score (nSPS) is 13.5. The number of hydrogen-bond acceptors (Lipinski definition) is 2. The predicted octanol–water partition coefficient (Wildman–Crippen LogP) is 5.96. The summed E-state index contributed by atoms with van der Waals surface area (Å²) in [4.78, 5) is 0. The maximum atomic E-state index is 13.2. The molecule has 0 aromatic heterocycles. The smallest absolute Gasteiger partial charge is 0.388 e. The number of benzene rings is 3. The van der Waals surface area contributed by atoms with Crippen molar-refractivity contribution in [2.45, 2.75) is 18.7 Å². The molecule has 0 saturated heterocycles. The van der Waals surface area contributed by atoms with Gasteiger partial charge in [0.2, 0.25) is 0 Å². The molecule has 3 aromatic carbocycles. The van der Waals surface area contributed by atoms with Gasteiger partial charge in [-0.05, 0) is 72.1 Å². The highest BCUT2D eigenvalue weighted by Gasteiger charge is 2.31. The molecule has 3 aromatic rings. The molecule has 2 N–H and O–H groups in total. The largest absolute Gasteiger partial charge is 0.416 e. The summed E-state index contributed by atoms with van der Waals surface area (Å²) in [7, 11) is 1.76. The van der Waals surface area contributed by atoms with E-state index in [4.69, 9.17) is 23.2 Å². The number of nitrogens with one attached hydrogen (secondary N) is 1. The minimum Gasteiger partial charge on any atom is -0.388 e. The molecular weight excluding hydrogens is 386 g/mol. The molecule has 0 spiro atoms. The highest BCUT2D eigenvalue weighted by molar-refractivity contribution is 6.39. The van der Waals surface area contributed by atoms with Crippen LogP contribution in [0.1, 0.15) is 23.7 Å². The lowest BCUT2D eigenvalue weighted by Crippen LogP contribution is -2.12. The van der Waals surface area contributed by atoms with Gasteiger partial charge >= 0.3 is 6.18 Å². The van der Waals surface area contributed by atoms with Gasteiger partial charge in [-0.2, -0.15) is 13.2 Å². The first kappa shape index (κ1) is 19.2. The van der Waals surface area contributed by atoms with E-state index in [-0.39, 0.29) is 0 Å². The Morgan fingerprint density at radius 2 is 1.69 bits per heavy atom. The molecule has 0 saturated carbocycles. The third-order valence-corrected chi connectivity index (χ3v) is 4.90. The van der Waals surface area contributed by atoms with E-state index in [0.29, 0.717) is 50.1 Å². The number of alkyl halides is 3. The van der Waals surface area contributed by atoms with Gasteiger partial charge in [-0.1, -0.05) is 29.3 Å². The molecule has 1 atom stereocenters. The molecule has 0 bridgehead atoms. The van der Waals surface area contributed by atoms with Crippen LogP contribution < -0.4 is 5.32 Å². The fourth-order valence-corrected chi connectivity index (χ4v) is 3.64. The quantitative estimate of drug-likeness (QED) is 0.528. The second-order valence-corrected chi connectivity index (χ2v) is 6.96. The fourth-order valence-electron chi connectivity index (χ4n) is 3.09. The van der Waals surface area contributed by atoms with Gasteiger partial charge in [0.05, 0.1) is 11.7 Å². The Labute approximate surface area is 158 Å². The minimum absolute atomic E-state index is 0.328. The van der Waals surface area contributed by atoms with Crippen LogP contribution in [0, 0.1) is 0 Å². The highest BCUT2D eigenvalue weighted by atomic mass is 35.5. The van der Waals surface area contributed by atoms with Crippen LogP contribution in [0.15, 0.2) is 36.4 Å². The predicted molar refractivity (Wildman–Crippen MR) is 100.0 cm³/mol. The zero-order valence-electron chi connectivity index (χ0n) is 13.8. The van der Waals surface area contributed by atoms with Crippen molar-refractivity contribution in [3.63, 3.8) is 0 Å². The van der Waals surface area contributed by atoms with Crippen molar-refractivity contribution in [2.24, 2.45) is 0 Å². The number of aliphatic hydroxyl groups is 1. The van der Waals surface area contributed by atoms with Gasteiger partial charge in [-0.25, -0.2) is 0 Å². The highest BCUT2D eigenvalue weighted by Crippen LogP contribution is 2.40. The molecule has 0 aliphatic heterocycles. The third-order valence-electron chi connectivity index (χ3n) is 4.37. The number of fused-ring (bicyclic) bond motifs is 3. The van der Waals surface area contributed by atoms with Crippen LogP contribution in [0.25, 0.3) is 21.5 Å². The molecule has 138 valence electrons. The van der Waals surface area contributed by atoms with E-state index in [2.05, 4.69) is 5.32 Å². The molecule has 0 unspecified atom stereocenters. The summed E-state index contributed by atoms with van der Waals surface area (Å²) < 4.78 is 39.6. The van der Waals surface area contributed by atoms with Crippen LogP contribution in [0.3, 0.4) is 0 Å². The Morgan fingerprint density at radius 1 is 1.00 bits per heavy atom. The minimum atomic E-state index is -4.47. The lowest BCUT2D eigenvalue weighted by Gasteiger charge is -2.18. The van der Waals surface area contributed by atoms with Crippen molar-refractivity contribution in [3.05, 3.63) is 57.6 Å². The van der Waals surface area contributed by atoms with Crippen LogP contribution in [0.5, 0.6) is 0 Å². The maximum Gasteiger partial charge on any atom is 0.416 e. The van der Waals surface area contributed by atoms with Gasteiger partial charge in [0, 0.05) is 15.4 Å². The Hall–Kier alpha value is -1.53. The molecule has 0 fully saturated rings. The van der Waals surface area contributed by atoms with E-state index in [1.165, 1.54) is 12.1 Å². The van der Waals surface area contributed by atoms with Crippen LogP contribution in [0.4, 0.5) is 13.2 Å². The van der Waals surface area contributed by atoms with Crippen molar-refractivity contribution in [3.8, 4) is 0 Å². The SMILES string of the molecule is CNCC[C@H](O)c1cc2c(Cl)cc(Cl)cc2c2cc(C(F)(F)F)ccc12. The van der Waals surface area contributed by atoms with Crippen molar-refractivity contribution in [1.29, 1.82) is 0 Å². The van der Waals surface area contributed by atoms with Gasteiger partial charge in [0.15, 0.2) is 0 Å². The van der Waals surface area contributed by atoms with Gasteiger partial charge in [-0.15, -0.1) is 0 Å². The second-order valence-electron chi connectivity index (χ2n) is 6.11. The first-order valence-electron chi connectivity index (χ1n) is 7.97. The zero-order valence-corrected chi connectivity index (χ0v) is 15.3. The first-order chi connectivity index (χ1) is 12.2. The van der Waals surface area contributed by atoms with Crippen molar-refractivity contribution >= 4 is 44.7 Å². The first-order valence-corrected chi connectivity index (χ1v) is 8.73. The van der Waals surface area contributed by atoms with Gasteiger partial charge in [0.25, 0.3) is 0 Å². The molecule has 2 nitrogen and oxygen atoms in total. The van der Waals surface area contributed by atoms with Gasteiger partial charge in [0.1, 0.15) is 0 Å². The molecule has 0 aliphatic carbocycles. The van der Waals surface area contributed by atoms with E-state index in [9.17, 15) is 18.3 Å². The molecule has 7 heteroatoms. The van der Waals surface area contributed by atoms with Crippen LogP contribution >= 0.6 is 23.2 Å². The lowest BCUT2D eigenvalue weighted by molar-refractivity contribution is -0.137. The van der Waals surface area contributed by atoms with Crippen molar-refractivity contribution < 1.29 is 18.3 Å². The monoisotopic (exact) mass is 401 g/mol. The molecular formula is C19H16Cl2F3NO. The summed E-state index contributed by atoms with van der Waals surface area (Å²) in [6.45, 7) is 0.565. The number of hydrogen-bond donors (Lipinski definition) is 2. The average molecular weight is 402 g/mol. The summed E-state index contributed by atoms with van der Waals surface area (Å²) in [5, 5.41) is 16.2. The molecule has 3 rings (SSSR count). The standard InChI is InChI=1S/C19H16Cl2F3NO/c1-25-5-4-18(26)16-9-15-14(7-11(20)8-17(15)21)13-6-10(19(22,23)24)2-3-12(13)16/h2-3,6-9,18,25-26H,4-5H2,1H3/t18-/m0/s1. The lowest BCUT2D eigenvalue weighted by atomic mass is 9.92. The maximum absolute atomic E-state index is 13.2. The van der Waals surface area contributed by atoms with Crippen LogP contribution in [0.2, 0.25) is 10.0 Å². The van der Waals surface area contributed by atoms with Crippen LogP contribution in [-0.4, -0.2) is 18.7 Å². The average Bonchev–Trinajstić information content (AvgIpc) is 2.57. The van der Waals surface area contributed by atoms with E-state index in [1.807, 2.05) is 0 Å².